The topological polar surface area (TPSA) is 88.1 Å². The zero-order chi connectivity index (χ0) is 23.3. The first-order valence-electron chi connectivity index (χ1n) is 9.90. The van der Waals surface area contributed by atoms with E-state index in [1.807, 2.05) is 12.1 Å². The van der Waals surface area contributed by atoms with Gasteiger partial charge in [0.15, 0.2) is 0 Å². The molecule has 0 aliphatic heterocycles. The number of halogens is 1. The quantitative estimate of drug-likeness (QED) is 0.327. The number of rotatable bonds is 9. The average Bonchev–Trinajstić information content (AvgIpc) is 2.75. The maximum atomic E-state index is 12.5. The highest BCUT2D eigenvalue weighted by molar-refractivity contribution is 9.10. The fourth-order valence-corrected chi connectivity index (χ4v) is 4.15. The molecule has 0 radical (unpaired) electrons. The van der Waals surface area contributed by atoms with Gasteiger partial charge in [-0.05, 0) is 76.2 Å². The van der Waals surface area contributed by atoms with Crippen LogP contribution in [0.15, 0.2) is 53.0 Å². The Labute approximate surface area is 191 Å². The van der Waals surface area contributed by atoms with E-state index in [0.717, 1.165) is 4.47 Å². The zero-order valence-electron chi connectivity index (χ0n) is 18.1. The second kappa shape index (κ2) is 14.1. The lowest BCUT2D eigenvalue weighted by Gasteiger charge is -2.17. The molecule has 0 aliphatic carbocycles. The first kappa shape index (κ1) is 27.0. The Morgan fingerprint density at radius 2 is 1.10 bits per heavy atom. The van der Waals surface area contributed by atoms with Crippen molar-refractivity contribution in [2.45, 2.75) is 27.7 Å². The van der Waals surface area contributed by atoms with Crippen LogP contribution < -0.4 is 5.30 Å². The highest BCUT2D eigenvalue weighted by Crippen LogP contribution is 2.46. The summed E-state index contributed by atoms with van der Waals surface area (Å²) in [6.07, 6.45) is 0. The van der Waals surface area contributed by atoms with Crippen molar-refractivity contribution in [3.05, 3.63) is 64.1 Å². The molecule has 0 saturated carbocycles. The van der Waals surface area contributed by atoms with Crippen LogP contribution in [0.4, 0.5) is 0 Å². The normalized spacial score (nSPS) is 10.6. The first-order valence-corrected chi connectivity index (χ1v) is 12.2. The van der Waals surface area contributed by atoms with E-state index in [-0.39, 0.29) is 19.2 Å². The molecule has 7 nitrogen and oxygen atoms in total. The Balaban J connectivity index is 0.000000343. The van der Waals surface area contributed by atoms with Crippen LogP contribution in [0.5, 0.6) is 0 Å². The van der Waals surface area contributed by atoms with E-state index in [2.05, 4.69) is 15.9 Å². The van der Waals surface area contributed by atoms with Crippen LogP contribution in [0, 0.1) is 0 Å². The van der Waals surface area contributed by atoms with Crippen LogP contribution in [-0.4, -0.2) is 38.4 Å². The lowest BCUT2D eigenvalue weighted by Crippen LogP contribution is -2.12. The van der Waals surface area contributed by atoms with Crippen LogP contribution in [0.2, 0.25) is 0 Å². The predicted octanol–water partition coefficient (Wildman–Crippen LogP) is 5.38. The smallest absolute Gasteiger partial charge is 0.361 e. The number of hydrogen-bond donors (Lipinski definition) is 0. The maximum absolute atomic E-state index is 12.5. The third-order valence-corrected chi connectivity index (χ3v) is 6.30. The van der Waals surface area contributed by atoms with Crippen molar-refractivity contribution in [3.63, 3.8) is 0 Å². The largest absolute Gasteiger partial charge is 0.462 e. The van der Waals surface area contributed by atoms with Crippen molar-refractivity contribution >= 4 is 40.8 Å². The summed E-state index contributed by atoms with van der Waals surface area (Å²) in [6, 6.07) is 13.3. The number of esters is 2. The molecule has 2 aromatic rings. The summed E-state index contributed by atoms with van der Waals surface area (Å²) in [4.78, 5) is 22.6. The summed E-state index contributed by atoms with van der Waals surface area (Å²) >= 11 is 3.28. The van der Waals surface area contributed by atoms with E-state index in [1.165, 1.54) is 0 Å². The van der Waals surface area contributed by atoms with Gasteiger partial charge in [-0.15, -0.1) is 0 Å². The third kappa shape index (κ3) is 8.95. The molecule has 2 rings (SSSR count). The number of hydrogen-bond acceptors (Lipinski definition) is 7. The van der Waals surface area contributed by atoms with Gasteiger partial charge < -0.3 is 18.5 Å². The number of carbonyl (C=O) groups is 2. The highest BCUT2D eigenvalue weighted by Gasteiger charge is 2.26. The van der Waals surface area contributed by atoms with E-state index in [4.69, 9.17) is 18.5 Å². The summed E-state index contributed by atoms with van der Waals surface area (Å²) in [7, 11) is -3.29. The molecule has 9 heteroatoms. The van der Waals surface area contributed by atoms with Crippen molar-refractivity contribution in [2.75, 3.05) is 26.4 Å². The molecule has 0 N–H and O–H groups in total. The number of carbonyl (C=O) groups excluding carboxylic acids is 2. The zero-order valence-corrected chi connectivity index (χ0v) is 20.6. The van der Waals surface area contributed by atoms with Gasteiger partial charge in [-0.25, -0.2) is 9.59 Å². The van der Waals surface area contributed by atoms with Gasteiger partial charge in [-0.1, -0.05) is 15.9 Å². The molecule has 170 valence electrons. The molecule has 0 aliphatic rings. The summed E-state index contributed by atoms with van der Waals surface area (Å²) in [6.45, 7) is 8.33. The van der Waals surface area contributed by atoms with E-state index in [9.17, 15) is 14.2 Å². The first-order chi connectivity index (χ1) is 14.8. The molecule has 0 unspecified atom stereocenters. The van der Waals surface area contributed by atoms with Gasteiger partial charge >= 0.3 is 19.5 Å². The Kier molecular flexibility index (Phi) is 12.3. The molecule has 31 heavy (non-hydrogen) atoms. The molecule has 0 amide bonds. The van der Waals surface area contributed by atoms with Crippen molar-refractivity contribution in [2.24, 2.45) is 0 Å². The van der Waals surface area contributed by atoms with Crippen LogP contribution in [0.25, 0.3) is 0 Å². The molecule has 0 fully saturated rings. The molecule has 0 spiro atoms. The van der Waals surface area contributed by atoms with Crippen LogP contribution in [0.1, 0.15) is 48.4 Å². The Morgan fingerprint density at radius 1 is 0.710 bits per heavy atom. The van der Waals surface area contributed by atoms with E-state index < -0.39 is 13.6 Å². The minimum Gasteiger partial charge on any atom is -0.462 e. The second-order valence-corrected chi connectivity index (χ2v) is 8.77. The molecule has 0 bridgehead atoms. The summed E-state index contributed by atoms with van der Waals surface area (Å²) in [5, 5.41) is 0.434. The van der Waals surface area contributed by atoms with Crippen molar-refractivity contribution < 1.29 is 32.7 Å². The molecular weight excluding hydrogens is 487 g/mol. The van der Waals surface area contributed by atoms with Gasteiger partial charge in [0.2, 0.25) is 0 Å². The Morgan fingerprint density at radius 3 is 1.45 bits per heavy atom. The van der Waals surface area contributed by atoms with Crippen LogP contribution >= 0.6 is 23.5 Å². The molecule has 0 aromatic heterocycles. The Bertz CT molecular complexity index is 856. The minimum atomic E-state index is -3.29. The molecular formula is C22H28BrO7P. The fraction of sp³-hybridized carbons (Fsp3) is 0.364. The monoisotopic (exact) mass is 514 g/mol. The summed E-state index contributed by atoms with van der Waals surface area (Å²) in [5.41, 5.74) is 0.991. The summed E-state index contributed by atoms with van der Waals surface area (Å²) in [5.74, 6) is -0.679. The van der Waals surface area contributed by atoms with Gasteiger partial charge in [0.1, 0.15) is 0 Å². The molecule has 0 saturated heterocycles. The minimum absolute atomic E-state index is 0.273. The van der Waals surface area contributed by atoms with Gasteiger partial charge in [0.25, 0.3) is 0 Å². The standard InChI is InChI=1S/C13H19O5P.C9H9BrO2/c1-4-16-13(14)11-7-9-12(10-8-11)19(15,17-5-2)18-6-3;1-2-12-9(11)7-3-5-8(10)6-4-7/h7-10H,4-6H2,1-3H3;3-6H,2H2,1H3. The van der Waals surface area contributed by atoms with E-state index in [1.54, 1.807) is 64.1 Å². The van der Waals surface area contributed by atoms with Gasteiger partial charge in [-0.2, -0.15) is 0 Å². The lowest BCUT2D eigenvalue weighted by molar-refractivity contribution is 0.0516. The van der Waals surface area contributed by atoms with Crippen molar-refractivity contribution in [1.29, 1.82) is 0 Å². The van der Waals surface area contributed by atoms with Gasteiger partial charge in [0, 0.05) is 4.47 Å². The second-order valence-electron chi connectivity index (χ2n) is 5.83. The molecule has 0 heterocycles. The van der Waals surface area contributed by atoms with E-state index >= 15 is 0 Å². The Hall–Kier alpha value is -1.99. The number of benzene rings is 2. The predicted molar refractivity (Wildman–Crippen MR) is 123 cm³/mol. The molecule has 0 atom stereocenters. The van der Waals surface area contributed by atoms with Crippen molar-refractivity contribution in [3.8, 4) is 0 Å². The lowest BCUT2D eigenvalue weighted by atomic mass is 10.2. The fourth-order valence-electron chi connectivity index (χ4n) is 2.32. The average molecular weight is 515 g/mol. The number of ether oxygens (including phenoxy) is 2. The van der Waals surface area contributed by atoms with Gasteiger partial charge in [-0.3, -0.25) is 4.57 Å². The highest BCUT2D eigenvalue weighted by atomic mass is 79.9. The van der Waals surface area contributed by atoms with E-state index in [0.29, 0.717) is 29.6 Å². The maximum Gasteiger partial charge on any atom is 0.361 e. The molecule has 2 aromatic carbocycles. The third-order valence-electron chi connectivity index (χ3n) is 3.65. The van der Waals surface area contributed by atoms with Crippen molar-refractivity contribution in [1.82, 2.24) is 0 Å². The summed E-state index contributed by atoms with van der Waals surface area (Å²) < 4.78 is 33.5. The van der Waals surface area contributed by atoms with Gasteiger partial charge in [0.05, 0.1) is 42.9 Å². The SMILES string of the molecule is CCOC(=O)c1ccc(Br)cc1.CCOC(=O)c1ccc(P(=O)(OCC)OCC)cc1. The van der Waals surface area contributed by atoms with Crippen LogP contribution in [0.3, 0.4) is 0 Å². The van der Waals surface area contributed by atoms with Crippen LogP contribution in [-0.2, 0) is 23.1 Å².